The monoisotopic (exact) mass is 272 g/mol. The van der Waals surface area contributed by atoms with E-state index in [0.29, 0.717) is 0 Å². The molecule has 0 aromatic carbocycles. The molecule has 9 nitrogen and oxygen atoms in total. The second-order valence-corrected chi connectivity index (χ2v) is 4.31. The number of nitrogen functional groups attached to an aromatic ring is 1. The van der Waals surface area contributed by atoms with E-state index in [-0.39, 0.29) is 5.82 Å². The van der Waals surface area contributed by atoms with Gasteiger partial charge in [0, 0.05) is 13.3 Å². The summed E-state index contributed by atoms with van der Waals surface area (Å²) in [6.07, 6.45) is -1.85. The average molecular weight is 272 g/mol. The van der Waals surface area contributed by atoms with E-state index in [2.05, 4.69) is 4.98 Å². The predicted molar refractivity (Wildman–Crippen MR) is 63.8 cm³/mol. The molecule has 19 heavy (non-hydrogen) atoms. The van der Waals surface area contributed by atoms with Crippen LogP contribution in [-0.2, 0) is 9.47 Å². The number of nitrogens with zero attached hydrogens (tertiary/aromatic N) is 2. The molecular formula is C10H16N4O5. The zero-order valence-electron chi connectivity index (χ0n) is 10.3. The molecule has 0 aliphatic carbocycles. The van der Waals surface area contributed by atoms with E-state index in [1.54, 1.807) is 0 Å². The van der Waals surface area contributed by atoms with Gasteiger partial charge in [-0.3, -0.25) is 10.3 Å². The Morgan fingerprint density at radius 2 is 2.37 bits per heavy atom. The Morgan fingerprint density at radius 3 is 2.89 bits per heavy atom. The van der Waals surface area contributed by atoms with E-state index >= 15 is 0 Å². The van der Waals surface area contributed by atoms with Gasteiger partial charge in [0.15, 0.2) is 12.0 Å². The largest absolute Gasteiger partial charge is 0.392 e. The first kappa shape index (κ1) is 13.9. The quantitative estimate of drug-likeness (QED) is 0.467. The summed E-state index contributed by atoms with van der Waals surface area (Å²) < 4.78 is 11.5. The third kappa shape index (κ3) is 2.22. The first-order chi connectivity index (χ1) is 8.92. The Kier molecular flexibility index (Phi) is 3.56. The van der Waals surface area contributed by atoms with E-state index in [4.69, 9.17) is 20.9 Å². The first-order valence-corrected chi connectivity index (χ1v) is 5.56. The molecule has 9 heteroatoms. The van der Waals surface area contributed by atoms with Gasteiger partial charge < -0.3 is 25.4 Å². The molecule has 1 fully saturated rings. The highest BCUT2D eigenvalue weighted by Gasteiger charge is 2.53. The maximum Gasteiger partial charge on any atom is 0.351 e. The highest BCUT2D eigenvalue weighted by Crippen LogP contribution is 2.34. The van der Waals surface area contributed by atoms with Crippen LogP contribution < -0.4 is 17.2 Å². The van der Waals surface area contributed by atoms with Gasteiger partial charge in [-0.15, -0.1) is 0 Å². The fourth-order valence-corrected chi connectivity index (χ4v) is 2.01. The molecule has 2 rings (SSSR count). The number of hydrogen-bond acceptors (Lipinski definition) is 8. The van der Waals surface area contributed by atoms with Crippen LogP contribution in [0.15, 0.2) is 17.1 Å². The van der Waals surface area contributed by atoms with Crippen LogP contribution in [0.5, 0.6) is 0 Å². The number of aromatic nitrogens is 2. The number of aliphatic hydroxyl groups is 2. The number of nitrogens with two attached hydrogens (primary N) is 2. The topological polar surface area (TPSA) is 146 Å². The third-order valence-corrected chi connectivity index (χ3v) is 3.08. The number of anilines is 1. The summed E-state index contributed by atoms with van der Waals surface area (Å²) >= 11 is 0. The van der Waals surface area contributed by atoms with Crippen LogP contribution in [0, 0.1) is 0 Å². The van der Waals surface area contributed by atoms with Crippen molar-refractivity contribution in [2.75, 3.05) is 19.5 Å². The van der Waals surface area contributed by atoms with Crippen molar-refractivity contribution in [3.8, 4) is 0 Å². The molecule has 1 saturated heterocycles. The summed E-state index contributed by atoms with van der Waals surface area (Å²) in [4.78, 5) is 15.3. The molecule has 0 unspecified atom stereocenters. The minimum Gasteiger partial charge on any atom is -0.392 e. The Labute approximate surface area is 108 Å². The zero-order chi connectivity index (χ0) is 14.2. The van der Waals surface area contributed by atoms with Crippen LogP contribution in [0.1, 0.15) is 6.23 Å². The van der Waals surface area contributed by atoms with Crippen LogP contribution in [0.3, 0.4) is 0 Å². The Hall–Kier alpha value is -1.52. The second-order valence-electron chi connectivity index (χ2n) is 4.31. The molecule has 0 saturated carbocycles. The SMILES string of the molecule is CO[C@H]1[C@H](n2ccc(N)nc2=O)O[C@](N)(CO)[C@H]1O. The van der Waals surface area contributed by atoms with Crippen molar-refractivity contribution in [1.29, 1.82) is 0 Å². The van der Waals surface area contributed by atoms with Crippen molar-refractivity contribution >= 4 is 5.82 Å². The van der Waals surface area contributed by atoms with E-state index in [0.717, 1.165) is 4.57 Å². The van der Waals surface area contributed by atoms with Gasteiger partial charge in [0.25, 0.3) is 0 Å². The van der Waals surface area contributed by atoms with Gasteiger partial charge >= 0.3 is 5.69 Å². The number of aliphatic hydroxyl groups excluding tert-OH is 2. The Balaban J connectivity index is 2.41. The molecular weight excluding hydrogens is 256 g/mol. The van der Waals surface area contributed by atoms with Crippen LogP contribution in [0.25, 0.3) is 0 Å². The average Bonchev–Trinajstić information content (AvgIpc) is 2.62. The molecule has 1 aromatic heterocycles. The van der Waals surface area contributed by atoms with Crippen molar-refractivity contribution in [2.45, 2.75) is 24.2 Å². The lowest BCUT2D eigenvalue weighted by molar-refractivity contribution is -0.125. The van der Waals surface area contributed by atoms with E-state index in [9.17, 15) is 15.0 Å². The van der Waals surface area contributed by atoms with E-state index in [1.807, 2.05) is 0 Å². The highest BCUT2D eigenvalue weighted by atomic mass is 16.6. The molecule has 1 aliphatic heterocycles. The maximum atomic E-state index is 11.7. The molecule has 0 bridgehead atoms. The summed E-state index contributed by atoms with van der Waals surface area (Å²) in [5.41, 5.74) is 8.73. The molecule has 1 aliphatic rings. The highest BCUT2D eigenvalue weighted by molar-refractivity contribution is 5.23. The normalized spacial score (nSPS) is 34.6. The minimum absolute atomic E-state index is 0.0648. The lowest BCUT2D eigenvalue weighted by atomic mass is 10.1. The summed E-state index contributed by atoms with van der Waals surface area (Å²) in [5, 5.41) is 19.2. The zero-order valence-corrected chi connectivity index (χ0v) is 10.3. The van der Waals surface area contributed by atoms with Crippen molar-refractivity contribution in [3.05, 3.63) is 22.7 Å². The molecule has 1 aromatic rings. The fraction of sp³-hybridized carbons (Fsp3) is 0.600. The maximum absolute atomic E-state index is 11.7. The van der Waals surface area contributed by atoms with Crippen molar-refractivity contribution in [2.24, 2.45) is 5.73 Å². The smallest absolute Gasteiger partial charge is 0.351 e. The third-order valence-electron chi connectivity index (χ3n) is 3.08. The van der Waals surface area contributed by atoms with Gasteiger partial charge in [-0.25, -0.2) is 4.79 Å². The standard InChI is InChI=1S/C10H16N4O5/c1-18-6-7(16)10(12,4-15)19-8(6)14-3-2-5(11)13-9(14)17/h2-3,6-8,15-16H,4,12H2,1H3,(H2,11,13,17)/t6-,7+,8-,10-/m1/s1. The van der Waals surface area contributed by atoms with Crippen LogP contribution >= 0.6 is 0 Å². The lowest BCUT2D eigenvalue weighted by Gasteiger charge is -2.24. The van der Waals surface area contributed by atoms with Crippen LogP contribution in [-0.4, -0.2) is 51.4 Å². The molecule has 6 N–H and O–H groups in total. The summed E-state index contributed by atoms with van der Waals surface area (Å²) in [6, 6.07) is 1.40. The summed E-state index contributed by atoms with van der Waals surface area (Å²) in [5.74, 6) is 0.0648. The number of methoxy groups -OCH3 is 1. The lowest BCUT2D eigenvalue weighted by Crippen LogP contribution is -2.54. The van der Waals surface area contributed by atoms with Crippen LogP contribution in [0.2, 0.25) is 0 Å². The minimum atomic E-state index is -1.70. The Bertz CT molecular complexity index is 521. The van der Waals surface area contributed by atoms with Gasteiger partial charge in [0.05, 0.1) is 6.61 Å². The Morgan fingerprint density at radius 1 is 1.68 bits per heavy atom. The number of ether oxygens (including phenoxy) is 2. The second kappa shape index (κ2) is 4.87. The summed E-state index contributed by atoms with van der Waals surface area (Å²) in [6.45, 7) is -0.623. The van der Waals surface area contributed by atoms with E-state index < -0.39 is 36.5 Å². The van der Waals surface area contributed by atoms with Crippen molar-refractivity contribution < 1.29 is 19.7 Å². The van der Waals surface area contributed by atoms with Gasteiger partial charge in [-0.05, 0) is 6.07 Å². The van der Waals surface area contributed by atoms with E-state index in [1.165, 1.54) is 19.4 Å². The molecule has 0 radical (unpaired) electrons. The predicted octanol–water partition coefficient (Wildman–Crippen LogP) is -2.62. The van der Waals surface area contributed by atoms with Gasteiger partial charge in [-0.1, -0.05) is 0 Å². The molecule has 106 valence electrons. The van der Waals surface area contributed by atoms with Crippen LogP contribution in [0.4, 0.5) is 5.82 Å². The first-order valence-electron chi connectivity index (χ1n) is 5.56. The molecule has 0 spiro atoms. The van der Waals surface area contributed by atoms with Gasteiger partial charge in [0.2, 0.25) is 0 Å². The molecule has 0 amide bonds. The van der Waals surface area contributed by atoms with Crippen molar-refractivity contribution in [1.82, 2.24) is 9.55 Å². The molecule has 4 atom stereocenters. The van der Waals surface area contributed by atoms with Crippen molar-refractivity contribution in [3.63, 3.8) is 0 Å². The fourth-order valence-electron chi connectivity index (χ4n) is 2.01. The molecule has 2 heterocycles. The number of rotatable bonds is 3. The van der Waals surface area contributed by atoms with Gasteiger partial charge in [-0.2, -0.15) is 4.98 Å². The van der Waals surface area contributed by atoms with Gasteiger partial charge in [0.1, 0.15) is 18.0 Å². The number of hydrogen-bond donors (Lipinski definition) is 4. The summed E-state index contributed by atoms with van der Waals surface area (Å²) in [7, 11) is 1.34.